The summed E-state index contributed by atoms with van der Waals surface area (Å²) in [6.45, 7) is 5.86. The molecule has 1 aromatic rings. The number of aliphatic hydroxyl groups excluding tert-OH is 1. The maximum Gasteiger partial charge on any atom is 0.306 e. The molecule has 0 radical (unpaired) electrons. The number of fused-ring (bicyclic) bond motifs is 1. The summed E-state index contributed by atoms with van der Waals surface area (Å²) < 4.78 is 5.88. The standard InChI is InChI=1S/C17H23NO4/c1-10-7-11(2)15-14(8-10)22-9-13(16(15)19)18-5-3-12(4-6-18)17(20)21/h7-8,12-13,16,19H,3-6,9H2,1-2H3,(H,20,21). The highest BCUT2D eigenvalue weighted by Gasteiger charge is 2.37. The zero-order valence-electron chi connectivity index (χ0n) is 13.1. The summed E-state index contributed by atoms with van der Waals surface area (Å²) in [4.78, 5) is 13.2. The summed E-state index contributed by atoms with van der Waals surface area (Å²) >= 11 is 0. The molecule has 2 heterocycles. The Hall–Kier alpha value is -1.59. The van der Waals surface area contributed by atoms with Crippen LogP contribution in [0.2, 0.25) is 0 Å². The van der Waals surface area contributed by atoms with E-state index in [-0.39, 0.29) is 12.0 Å². The van der Waals surface area contributed by atoms with Crippen LogP contribution < -0.4 is 4.74 Å². The van der Waals surface area contributed by atoms with Crippen molar-refractivity contribution in [3.05, 3.63) is 28.8 Å². The van der Waals surface area contributed by atoms with Gasteiger partial charge in [0.05, 0.1) is 12.0 Å². The number of piperidine rings is 1. The molecule has 0 aliphatic carbocycles. The van der Waals surface area contributed by atoms with Gasteiger partial charge in [-0.15, -0.1) is 0 Å². The average molecular weight is 305 g/mol. The van der Waals surface area contributed by atoms with Gasteiger partial charge in [0, 0.05) is 5.56 Å². The second-order valence-electron chi connectivity index (χ2n) is 6.47. The first-order chi connectivity index (χ1) is 10.5. The van der Waals surface area contributed by atoms with Gasteiger partial charge >= 0.3 is 5.97 Å². The Morgan fingerprint density at radius 3 is 2.59 bits per heavy atom. The molecule has 2 unspecified atom stereocenters. The second kappa shape index (κ2) is 5.89. The number of carboxylic acids is 1. The lowest BCUT2D eigenvalue weighted by Crippen LogP contribution is -2.50. The molecule has 2 atom stereocenters. The van der Waals surface area contributed by atoms with Crippen molar-refractivity contribution in [2.45, 2.75) is 38.8 Å². The van der Waals surface area contributed by atoms with Crippen molar-refractivity contribution in [1.82, 2.24) is 4.90 Å². The Morgan fingerprint density at radius 1 is 1.27 bits per heavy atom. The van der Waals surface area contributed by atoms with Gasteiger partial charge in [0.1, 0.15) is 18.5 Å². The summed E-state index contributed by atoms with van der Waals surface area (Å²) in [5, 5.41) is 19.9. The topological polar surface area (TPSA) is 70.0 Å². The van der Waals surface area contributed by atoms with Gasteiger partial charge in [-0.3, -0.25) is 9.69 Å². The van der Waals surface area contributed by atoms with E-state index in [1.54, 1.807) is 0 Å². The van der Waals surface area contributed by atoms with E-state index in [1.165, 1.54) is 0 Å². The minimum Gasteiger partial charge on any atom is -0.491 e. The van der Waals surface area contributed by atoms with Crippen LogP contribution in [0.25, 0.3) is 0 Å². The maximum atomic E-state index is 11.0. The molecule has 1 aromatic carbocycles. The molecular weight excluding hydrogens is 282 g/mol. The molecule has 0 saturated carbocycles. The van der Waals surface area contributed by atoms with E-state index in [4.69, 9.17) is 9.84 Å². The van der Waals surface area contributed by atoms with Gasteiger partial charge in [0.15, 0.2) is 0 Å². The van der Waals surface area contributed by atoms with Crippen molar-refractivity contribution in [3.8, 4) is 5.75 Å². The third kappa shape index (κ3) is 2.71. The Labute approximate surface area is 130 Å². The van der Waals surface area contributed by atoms with Gasteiger partial charge in [0.2, 0.25) is 0 Å². The number of ether oxygens (including phenoxy) is 1. The fraction of sp³-hybridized carbons (Fsp3) is 0.588. The van der Waals surface area contributed by atoms with Crippen LogP contribution in [-0.2, 0) is 4.79 Å². The maximum absolute atomic E-state index is 11.0. The predicted octanol–water partition coefficient (Wildman–Crippen LogP) is 1.89. The van der Waals surface area contributed by atoms with Crippen molar-refractivity contribution in [1.29, 1.82) is 0 Å². The number of rotatable bonds is 2. The predicted molar refractivity (Wildman–Crippen MR) is 82.1 cm³/mol. The Kier molecular flexibility index (Phi) is 4.10. The van der Waals surface area contributed by atoms with Crippen LogP contribution in [0, 0.1) is 19.8 Å². The molecule has 1 saturated heterocycles. The SMILES string of the molecule is Cc1cc(C)c2c(c1)OCC(N1CCC(C(=O)O)CC1)C2O. The lowest BCUT2D eigenvalue weighted by atomic mass is 9.90. The number of hydrogen-bond donors (Lipinski definition) is 2. The van der Waals surface area contributed by atoms with Gasteiger partial charge in [-0.25, -0.2) is 0 Å². The third-order valence-corrected chi connectivity index (χ3v) is 4.91. The minimum atomic E-state index is -0.711. The lowest BCUT2D eigenvalue weighted by Gasteiger charge is -2.41. The fourth-order valence-electron chi connectivity index (χ4n) is 3.68. The molecule has 3 rings (SSSR count). The normalized spacial score (nSPS) is 26.3. The molecule has 0 aromatic heterocycles. The highest BCUT2D eigenvalue weighted by atomic mass is 16.5. The van der Waals surface area contributed by atoms with E-state index in [0.29, 0.717) is 32.5 Å². The number of benzene rings is 1. The summed E-state index contributed by atoms with van der Waals surface area (Å²) in [6, 6.07) is 3.94. The number of aliphatic hydroxyl groups is 1. The van der Waals surface area contributed by atoms with Gasteiger partial charge < -0.3 is 14.9 Å². The molecule has 1 fully saturated rings. The number of hydrogen-bond acceptors (Lipinski definition) is 4. The summed E-state index contributed by atoms with van der Waals surface area (Å²) in [6.07, 6.45) is 0.696. The highest BCUT2D eigenvalue weighted by molar-refractivity contribution is 5.70. The minimum absolute atomic E-state index is 0.0938. The molecule has 0 amide bonds. The Bertz CT molecular complexity index is 578. The monoisotopic (exact) mass is 305 g/mol. The van der Waals surface area contributed by atoms with Crippen molar-refractivity contribution in [2.75, 3.05) is 19.7 Å². The number of aryl methyl sites for hydroxylation is 2. The van der Waals surface area contributed by atoms with Crippen molar-refractivity contribution in [2.24, 2.45) is 5.92 Å². The van der Waals surface area contributed by atoms with Crippen LogP contribution >= 0.6 is 0 Å². The molecule has 2 aliphatic heterocycles. The summed E-state index contributed by atoms with van der Waals surface area (Å²) in [7, 11) is 0. The quantitative estimate of drug-likeness (QED) is 0.873. The van der Waals surface area contributed by atoms with Crippen molar-refractivity contribution >= 4 is 5.97 Å². The number of likely N-dealkylation sites (tertiary alicyclic amines) is 1. The Morgan fingerprint density at radius 2 is 1.95 bits per heavy atom. The first-order valence-electron chi connectivity index (χ1n) is 7.86. The van der Waals surface area contributed by atoms with Crippen molar-refractivity contribution < 1.29 is 19.7 Å². The van der Waals surface area contributed by atoms with Gasteiger partial charge in [-0.1, -0.05) is 6.07 Å². The van der Waals surface area contributed by atoms with Crippen LogP contribution in [0.15, 0.2) is 12.1 Å². The average Bonchev–Trinajstić information content (AvgIpc) is 2.47. The molecule has 2 N–H and O–H groups in total. The van der Waals surface area contributed by atoms with Gasteiger partial charge in [-0.05, 0) is 57.0 Å². The van der Waals surface area contributed by atoms with E-state index >= 15 is 0 Å². The summed E-state index contributed by atoms with van der Waals surface area (Å²) in [5.41, 5.74) is 3.05. The van der Waals surface area contributed by atoms with Crippen LogP contribution in [0.3, 0.4) is 0 Å². The number of nitrogens with zero attached hydrogens (tertiary/aromatic N) is 1. The Balaban J connectivity index is 1.76. The molecular formula is C17H23NO4. The van der Waals surface area contributed by atoms with Crippen LogP contribution in [0.4, 0.5) is 0 Å². The molecule has 0 bridgehead atoms. The molecule has 2 aliphatic rings. The highest BCUT2D eigenvalue weighted by Crippen LogP contribution is 2.38. The van der Waals surface area contributed by atoms with Crippen molar-refractivity contribution in [3.63, 3.8) is 0 Å². The summed E-state index contributed by atoms with van der Waals surface area (Å²) in [5.74, 6) is -0.187. The second-order valence-corrected chi connectivity index (χ2v) is 6.47. The lowest BCUT2D eigenvalue weighted by molar-refractivity contribution is -0.143. The molecule has 22 heavy (non-hydrogen) atoms. The third-order valence-electron chi connectivity index (χ3n) is 4.91. The number of aliphatic carboxylic acids is 1. The largest absolute Gasteiger partial charge is 0.491 e. The molecule has 5 heteroatoms. The molecule has 5 nitrogen and oxygen atoms in total. The fourth-order valence-corrected chi connectivity index (χ4v) is 3.68. The van der Waals surface area contributed by atoms with Gasteiger partial charge in [0.25, 0.3) is 0 Å². The van der Waals surface area contributed by atoms with E-state index < -0.39 is 12.1 Å². The van der Waals surface area contributed by atoms with Gasteiger partial charge in [-0.2, -0.15) is 0 Å². The zero-order valence-corrected chi connectivity index (χ0v) is 13.1. The van der Waals surface area contributed by atoms with E-state index in [9.17, 15) is 9.90 Å². The van der Waals surface area contributed by atoms with E-state index in [2.05, 4.69) is 11.0 Å². The first kappa shape index (κ1) is 15.3. The van der Waals surface area contributed by atoms with Crippen LogP contribution in [0.5, 0.6) is 5.75 Å². The van der Waals surface area contributed by atoms with Crippen LogP contribution in [-0.4, -0.2) is 46.8 Å². The first-order valence-corrected chi connectivity index (χ1v) is 7.86. The van der Waals surface area contributed by atoms with E-state index in [1.807, 2.05) is 19.9 Å². The molecule has 120 valence electrons. The number of carboxylic acid groups (broad SMARTS) is 1. The van der Waals surface area contributed by atoms with Crippen LogP contribution in [0.1, 0.15) is 35.6 Å². The van der Waals surface area contributed by atoms with E-state index in [0.717, 1.165) is 22.4 Å². The number of carbonyl (C=O) groups is 1. The smallest absolute Gasteiger partial charge is 0.306 e. The zero-order chi connectivity index (χ0) is 15.9. The molecule has 0 spiro atoms.